The molecule has 2 aromatic rings. The van der Waals surface area contributed by atoms with Gasteiger partial charge in [0.15, 0.2) is 0 Å². The minimum Gasteiger partial charge on any atom is -0.310 e. The van der Waals surface area contributed by atoms with Crippen LogP contribution in [0.3, 0.4) is 0 Å². The number of benzene rings is 2. The molecule has 0 saturated carbocycles. The molecule has 0 aromatic heterocycles. The van der Waals surface area contributed by atoms with Crippen LogP contribution in [0, 0.1) is 5.82 Å². The zero-order chi connectivity index (χ0) is 14.7. The lowest BCUT2D eigenvalue weighted by Gasteiger charge is -2.30. The molecule has 1 aliphatic carbocycles. The average molecular weight is 283 g/mol. The van der Waals surface area contributed by atoms with Gasteiger partial charge in [-0.1, -0.05) is 43.3 Å². The number of nitrogens with one attached hydrogen (secondary N) is 1. The Morgan fingerprint density at radius 3 is 2.67 bits per heavy atom. The molecule has 2 aromatic carbocycles. The molecule has 1 nitrogen and oxygen atoms in total. The molecule has 2 unspecified atom stereocenters. The first kappa shape index (κ1) is 14.3. The van der Waals surface area contributed by atoms with Gasteiger partial charge < -0.3 is 5.32 Å². The van der Waals surface area contributed by atoms with E-state index < -0.39 is 0 Å². The lowest BCUT2D eigenvalue weighted by atomic mass is 9.81. The normalized spacial score (nSPS) is 21.0. The zero-order valence-corrected chi connectivity index (χ0v) is 12.5. The van der Waals surface area contributed by atoms with Crippen molar-refractivity contribution in [2.75, 3.05) is 6.54 Å². The first-order chi connectivity index (χ1) is 10.2. The Morgan fingerprint density at radius 1 is 1.05 bits per heavy atom. The van der Waals surface area contributed by atoms with Crippen LogP contribution in [0.25, 0.3) is 0 Å². The maximum atomic E-state index is 13.2. The molecule has 0 fully saturated rings. The minimum atomic E-state index is -0.149. The van der Waals surface area contributed by atoms with Gasteiger partial charge in [-0.25, -0.2) is 4.39 Å². The molecule has 3 rings (SSSR count). The number of rotatable bonds is 4. The maximum Gasteiger partial charge on any atom is 0.123 e. The molecule has 0 aliphatic heterocycles. The van der Waals surface area contributed by atoms with Crippen LogP contribution in [0.1, 0.15) is 48.4 Å². The van der Waals surface area contributed by atoms with Crippen LogP contribution in [-0.4, -0.2) is 6.54 Å². The van der Waals surface area contributed by atoms with Crippen molar-refractivity contribution < 1.29 is 4.39 Å². The summed E-state index contributed by atoms with van der Waals surface area (Å²) in [7, 11) is 0. The van der Waals surface area contributed by atoms with E-state index in [1.54, 1.807) is 12.1 Å². The van der Waals surface area contributed by atoms with Crippen LogP contribution in [0.4, 0.5) is 4.39 Å². The Balaban J connectivity index is 1.63. The van der Waals surface area contributed by atoms with E-state index in [0.717, 1.165) is 18.5 Å². The van der Waals surface area contributed by atoms with Crippen LogP contribution >= 0.6 is 0 Å². The third-order valence-electron chi connectivity index (χ3n) is 4.48. The first-order valence-corrected chi connectivity index (χ1v) is 7.80. The van der Waals surface area contributed by atoms with E-state index in [1.165, 1.54) is 30.0 Å². The topological polar surface area (TPSA) is 12.0 Å². The lowest BCUT2D eigenvalue weighted by Crippen LogP contribution is -2.27. The third-order valence-corrected chi connectivity index (χ3v) is 4.48. The highest BCUT2D eigenvalue weighted by Gasteiger charge is 2.23. The quantitative estimate of drug-likeness (QED) is 0.865. The van der Waals surface area contributed by atoms with Crippen molar-refractivity contribution in [2.45, 2.75) is 38.1 Å². The lowest BCUT2D eigenvalue weighted by molar-refractivity contribution is 0.434. The Morgan fingerprint density at radius 2 is 1.86 bits per heavy atom. The van der Waals surface area contributed by atoms with Crippen LogP contribution < -0.4 is 5.32 Å². The highest BCUT2D eigenvalue weighted by atomic mass is 19.1. The van der Waals surface area contributed by atoms with Crippen LogP contribution in [0.5, 0.6) is 0 Å². The second-order valence-corrected chi connectivity index (χ2v) is 5.99. The molecule has 2 atom stereocenters. The zero-order valence-electron chi connectivity index (χ0n) is 12.5. The van der Waals surface area contributed by atoms with E-state index in [2.05, 4.69) is 36.5 Å². The summed E-state index contributed by atoms with van der Waals surface area (Å²) in [6, 6.07) is 16.1. The number of hydrogen-bond acceptors (Lipinski definition) is 1. The van der Waals surface area contributed by atoms with Crippen molar-refractivity contribution in [1.29, 1.82) is 0 Å². The van der Waals surface area contributed by atoms with Gasteiger partial charge in [0.1, 0.15) is 5.82 Å². The molecule has 0 amide bonds. The average Bonchev–Trinajstić information content (AvgIpc) is 2.50. The molecule has 2 heteroatoms. The third kappa shape index (κ3) is 3.33. The largest absolute Gasteiger partial charge is 0.310 e. The van der Waals surface area contributed by atoms with Gasteiger partial charge in [0, 0.05) is 6.04 Å². The van der Waals surface area contributed by atoms with Gasteiger partial charge in [-0.3, -0.25) is 0 Å². The van der Waals surface area contributed by atoms with E-state index in [1.807, 2.05) is 6.07 Å². The van der Waals surface area contributed by atoms with Gasteiger partial charge in [0.2, 0.25) is 0 Å². The van der Waals surface area contributed by atoms with Gasteiger partial charge in [0.05, 0.1) is 0 Å². The molecular weight excluding hydrogens is 261 g/mol. The number of fused-ring (bicyclic) bond motifs is 1. The van der Waals surface area contributed by atoms with E-state index in [0.29, 0.717) is 12.0 Å². The number of hydrogen-bond donors (Lipinski definition) is 1. The smallest absolute Gasteiger partial charge is 0.123 e. The summed E-state index contributed by atoms with van der Waals surface area (Å²) in [5.74, 6) is 0.506. The molecule has 0 saturated heterocycles. The molecule has 1 N–H and O–H groups in total. The fourth-order valence-corrected chi connectivity index (χ4v) is 3.30. The summed E-state index contributed by atoms with van der Waals surface area (Å²) in [4.78, 5) is 0. The molecule has 0 radical (unpaired) electrons. The molecule has 1 aliphatic rings. The summed E-state index contributed by atoms with van der Waals surface area (Å²) in [6.07, 6.45) is 3.28. The van der Waals surface area contributed by atoms with Crippen LogP contribution in [0.2, 0.25) is 0 Å². The first-order valence-electron chi connectivity index (χ1n) is 7.80. The highest BCUT2D eigenvalue weighted by molar-refractivity contribution is 5.34. The van der Waals surface area contributed by atoms with Gasteiger partial charge >= 0.3 is 0 Å². The molecule has 21 heavy (non-hydrogen) atoms. The fourth-order valence-electron chi connectivity index (χ4n) is 3.30. The van der Waals surface area contributed by atoms with Crippen molar-refractivity contribution in [3.63, 3.8) is 0 Å². The van der Waals surface area contributed by atoms with Crippen molar-refractivity contribution in [3.05, 3.63) is 71.0 Å². The summed E-state index contributed by atoms with van der Waals surface area (Å²) in [6.45, 7) is 3.19. The van der Waals surface area contributed by atoms with Crippen LogP contribution in [0.15, 0.2) is 48.5 Å². The summed E-state index contributed by atoms with van der Waals surface area (Å²) in [5.41, 5.74) is 3.97. The van der Waals surface area contributed by atoms with Gasteiger partial charge in [-0.05, 0) is 60.5 Å². The van der Waals surface area contributed by atoms with E-state index in [-0.39, 0.29) is 5.82 Å². The number of halogens is 1. The minimum absolute atomic E-state index is 0.149. The molecule has 0 heterocycles. The van der Waals surface area contributed by atoms with Gasteiger partial charge in [-0.2, -0.15) is 0 Å². The summed E-state index contributed by atoms with van der Waals surface area (Å²) >= 11 is 0. The standard InChI is InChI=1S/C19H22FN/c1-14-9-10-19(18-8-3-2-7-17(14)18)21-12-11-15-5-4-6-16(20)13-15/h2-8,13-14,19,21H,9-12H2,1H3. The summed E-state index contributed by atoms with van der Waals surface area (Å²) < 4.78 is 13.2. The van der Waals surface area contributed by atoms with Crippen molar-refractivity contribution in [3.8, 4) is 0 Å². The van der Waals surface area contributed by atoms with Crippen LogP contribution in [-0.2, 0) is 6.42 Å². The highest BCUT2D eigenvalue weighted by Crippen LogP contribution is 2.36. The molecule has 0 spiro atoms. The van der Waals surface area contributed by atoms with Gasteiger partial charge in [0.25, 0.3) is 0 Å². The molecular formula is C19H22FN. The van der Waals surface area contributed by atoms with Crippen molar-refractivity contribution >= 4 is 0 Å². The van der Waals surface area contributed by atoms with E-state index in [9.17, 15) is 4.39 Å². The SMILES string of the molecule is CC1CCC(NCCc2cccc(F)c2)c2ccccc21. The Labute approximate surface area is 126 Å². The predicted octanol–water partition coefficient (Wildman–Crippen LogP) is 4.60. The molecule has 110 valence electrons. The monoisotopic (exact) mass is 283 g/mol. The fraction of sp³-hybridized carbons (Fsp3) is 0.368. The van der Waals surface area contributed by atoms with E-state index in [4.69, 9.17) is 0 Å². The Kier molecular flexibility index (Phi) is 4.35. The van der Waals surface area contributed by atoms with Crippen molar-refractivity contribution in [2.24, 2.45) is 0 Å². The second kappa shape index (κ2) is 6.40. The predicted molar refractivity (Wildman–Crippen MR) is 84.9 cm³/mol. The van der Waals surface area contributed by atoms with Gasteiger partial charge in [-0.15, -0.1) is 0 Å². The van der Waals surface area contributed by atoms with E-state index >= 15 is 0 Å². The Hall–Kier alpha value is -1.67. The maximum absolute atomic E-state index is 13.2. The Bertz CT molecular complexity index is 608. The molecule has 0 bridgehead atoms. The second-order valence-electron chi connectivity index (χ2n) is 5.99. The van der Waals surface area contributed by atoms with Crippen molar-refractivity contribution in [1.82, 2.24) is 5.32 Å². The summed E-state index contributed by atoms with van der Waals surface area (Å²) in [5, 5.41) is 3.64.